The number of benzene rings is 1. The molecule has 0 aliphatic rings. The quantitative estimate of drug-likeness (QED) is 0.743. The van der Waals surface area contributed by atoms with Gasteiger partial charge in [0.2, 0.25) is 0 Å². The van der Waals surface area contributed by atoms with E-state index in [1.807, 2.05) is 0 Å². The minimum absolute atomic E-state index is 0.812. The highest BCUT2D eigenvalue weighted by atomic mass is 14.9. The lowest BCUT2D eigenvalue weighted by molar-refractivity contribution is 0.603. The summed E-state index contributed by atoms with van der Waals surface area (Å²) in [6.07, 6.45) is 5.76. The van der Waals surface area contributed by atoms with Gasteiger partial charge in [-0.1, -0.05) is 24.6 Å². The summed E-state index contributed by atoms with van der Waals surface area (Å²) >= 11 is 0. The van der Waals surface area contributed by atoms with E-state index in [0.29, 0.717) is 0 Å². The number of aryl methyl sites for hydroxylation is 1. The van der Waals surface area contributed by atoms with Crippen LogP contribution >= 0.6 is 0 Å². The van der Waals surface area contributed by atoms with Crippen molar-refractivity contribution >= 4 is 10.9 Å². The molecule has 1 aromatic heterocycles. The van der Waals surface area contributed by atoms with Crippen LogP contribution in [0, 0.1) is 0 Å². The standard InChI is InChI=1S/C13H18N2/c14-9-4-1-5-10-15-11-8-12-6-2-3-7-13(12)15/h2-3,6-8,11H,1,4-5,9-10,14H2. The highest BCUT2D eigenvalue weighted by molar-refractivity contribution is 5.79. The predicted molar refractivity (Wildman–Crippen MR) is 64.8 cm³/mol. The van der Waals surface area contributed by atoms with E-state index < -0.39 is 0 Å². The third-order valence-corrected chi connectivity index (χ3v) is 2.78. The Kier molecular flexibility index (Phi) is 3.41. The molecule has 15 heavy (non-hydrogen) atoms. The van der Waals surface area contributed by atoms with Gasteiger partial charge in [0.1, 0.15) is 0 Å². The predicted octanol–water partition coefficient (Wildman–Crippen LogP) is 2.77. The highest BCUT2D eigenvalue weighted by Gasteiger charge is 1.98. The number of para-hydroxylation sites is 1. The summed E-state index contributed by atoms with van der Waals surface area (Å²) in [6, 6.07) is 10.7. The van der Waals surface area contributed by atoms with Crippen LogP contribution in [0.15, 0.2) is 36.5 Å². The maximum absolute atomic E-state index is 5.47. The fraction of sp³-hybridized carbons (Fsp3) is 0.385. The van der Waals surface area contributed by atoms with Gasteiger partial charge in [0, 0.05) is 18.3 Å². The van der Waals surface area contributed by atoms with E-state index in [-0.39, 0.29) is 0 Å². The van der Waals surface area contributed by atoms with E-state index in [1.165, 1.54) is 23.7 Å². The Hall–Kier alpha value is -1.28. The van der Waals surface area contributed by atoms with E-state index in [0.717, 1.165) is 19.5 Å². The zero-order valence-corrected chi connectivity index (χ0v) is 9.02. The molecule has 2 aromatic rings. The first-order valence-corrected chi connectivity index (χ1v) is 5.66. The fourth-order valence-electron chi connectivity index (χ4n) is 1.94. The summed E-state index contributed by atoms with van der Waals surface area (Å²) in [7, 11) is 0. The molecular weight excluding hydrogens is 184 g/mol. The van der Waals surface area contributed by atoms with Gasteiger partial charge < -0.3 is 10.3 Å². The number of hydrogen-bond acceptors (Lipinski definition) is 1. The van der Waals surface area contributed by atoms with Crippen molar-refractivity contribution in [3.63, 3.8) is 0 Å². The normalized spacial score (nSPS) is 11.0. The zero-order chi connectivity index (χ0) is 10.5. The van der Waals surface area contributed by atoms with E-state index in [1.54, 1.807) is 0 Å². The molecule has 0 atom stereocenters. The second-order valence-corrected chi connectivity index (χ2v) is 3.92. The van der Waals surface area contributed by atoms with Gasteiger partial charge in [-0.25, -0.2) is 0 Å². The summed E-state index contributed by atoms with van der Waals surface area (Å²) in [5, 5.41) is 1.33. The molecule has 0 saturated heterocycles. The largest absolute Gasteiger partial charge is 0.347 e. The molecular formula is C13H18N2. The molecule has 0 bridgehead atoms. The van der Waals surface area contributed by atoms with Gasteiger partial charge in [0.05, 0.1) is 0 Å². The molecule has 0 aliphatic carbocycles. The fourth-order valence-corrected chi connectivity index (χ4v) is 1.94. The van der Waals surface area contributed by atoms with E-state index in [9.17, 15) is 0 Å². The van der Waals surface area contributed by atoms with Crippen molar-refractivity contribution in [1.82, 2.24) is 4.57 Å². The number of rotatable bonds is 5. The van der Waals surface area contributed by atoms with Crippen molar-refractivity contribution in [1.29, 1.82) is 0 Å². The zero-order valence-electron chi connectivity index (χ0n) is 9.02. The Morgan fingerprint density at radius 2 is 1.87 bits per heavy atom. The van der Waals surface area contributed by atoms with Gasteiger partial charge >= 0.3 is 0 Å². The van der Waals surface area contributed by atoms with Crippen molar-refractivity contribution in [2.45, 2.75) is 25.8 Å². The van der Waals surface area contributed by atoms with Gasteiger partial charge in [0.25, 0.3) is 0 Å². The summed E-state index contributed by atoms with van der Waals surface area (Å²) in [5.41, 5.74) is 6.81. The van der Waals surface area contributed by atoms with Crippen LogP contribution in [0.3, 0.4) is 0 Å². The SMILES string of the molecule is NCCCCCn1ccc2ccccc21. The average molecular weight is 202 g/mol. The molecule has 2 heteroatoms. The average Bonchev–Trinajstić information content (AvgIpc) is 2.68. The number of unbranched alkanes of at least 4 members (excludes halogenated alkanes) is 2. The molecule has 2 nitrogen and oxygen atoms in total. The smallest absolute Gasteiger partial charge is 0.0480 e. The minimum atomic E-state index is 0.812. The topological polar surface area (TPSA) is 30.9 Å². The van der Waals surface area contributed by atoms with Crippen LogP contribution in [0.5, 0.6) is 0 Å². The number of aromatic nitrogens is 1. The summed E-state index contributed by atoms with van der Waals surface area (Å²) in [5.74, 6) is 0. The first-order chi connectivity index (χ1) is 7.42. The van der Waals surface area contributed by atoms with Crippen molar-refractivity contribution < 1.29 is 0 Å². The molecule has 1 heterocycles. The molecule has 0 radical (unpaired) electrons. The molecule has 0 amide bonds. The number of nitrogens with zero attached hydrogens (tertiary/aromatic N) is 1. The molecule has 0 unspecified atom stereocenters. The van der Waals surface area contributed by atoms with Gasteiger partial charge in [-0.2, -0.15) is 0 Å². The van der Waals surface area contributed by atoms with Crippen LogP contribution < -0.4 is 5.73 Å². The second kappa shape index (κ2) is 4.99. The Balaban J connectivity index is 2.02. The maximum Gasteiger partial charge on any atom is 0.0480 e. The summed E-state index contributed by atoms with van der Waals surface area (Å²) in [4.78, 5) is 0. The lowest BCUT2D eigenvalue weighted by Gasteiger charge is -2.04. The molecule has 2 N–H and O–H groups in total. The first kappa shape index (κ1) is 10.2. The van der Waals surface area contributed by atoms with Gasteiger partial charge in [-0.15, -0.1) is 0 Å². The Morgan fingerprint density at radius 1 is 1.00 bits per heavy atom. The van der Waals surface area contributed by atoms with Crippen molar-refractivity contribution in [2.75, 3.05) is 6.54 Å². The van der Waals surface area contributed by atoms with E-state index in [2.05, 4.69) is 41.1 Å². The van der Waals surface area contributed by atoms with Crippen molar-refractivity contribution in [2.24, 2.45) is 5.73 Å². The molecule has 0 spiro atoms. The van der Waals surface area contributed by atoms with E-state index in [4.69, 9.17) is 5.73 Å². The van der Waals surface area contributed by atoms with Crippen LogP contribution in [0.4, 0.5) is 0 Å². The highest BCUT2D eigenvalue weighted by Crippen LogP contribution is 2.15. The van der Waals surface area contributed by atoms with Crippen LogP contribution in [0.1, 0.15) is 19.3 Å². The van der Waals surface area contributed by atoms with Crippen LogP contribution in [-0.4, -0.2) is 11.1 Å². The van der Waals surface area contributed by atoms with Crippen LogP contribution in [0.2, 0.25) is 0 Å². The molecule has 80 valence electrons. The maximum atomic E-state index is 5.47. The monoisotopic (exact) mass is 202 g/mol. The molecule has 1 aromatic carbocycles. The lowest BCUT2D eigenvalue weighted by atomic mass is 10.2. The van der Waals surface area contributed by atoms with Crippen molar-refractivity contribution in [3.8, 4) is 0 Å². The lowest BCUT2D eigenvalue weighted by Crippen LogP contribution is -2.00. The third kappa shape index (κ3) is 2.39. The summed E-state index contributed by atoms with van der Waals surface area (Å²) in [6.45, 7) is 1.92. The van der Waals surface area contributed by atoms with Crippen LogP contribution in [0.25, 0.3) is 10.9 Å². The number of hydrogen-bond donors (Lipinski definition) is 1. The van der Waals surface area contributed by atoms with Gasteiger partial charge in [0.15, 0.2) is 0 Å². The Bertz CT molecular complexity index is 417. The molecule has 2 rings (SSSR count). The van der Waals surface area contributed by atoms with Crippen LogP contribution in [-0.2, 0) is 6.54 Å². The molecule has 0 aliphatic heterocycles. The van der Waals surface area contributed by atoms with Crippen molar-refractivity contribution in [3.05, 3.63) is 36.5 Å². The molecule has 0 saturated carbocycles. The van der Waals surface area contributed by atoms with E-state index >= 15 is 0 Å². The second-order valence-electron chi connectivity index (χ2n) is 3.92. The number of fused-ring (bicyclic) bond motifs is 1. The summed E-state index contributed by atoms with van der Waals surface area (Å²) < 4.78 is 2.33. The van der Waals surface area contributed by atoms with Gasteiger partial charge in [-0.3, -0.25) is 0 Å². The minimum Gasteiger partial charge on any atom is -0.347 e. The first-order valence-electron chi connectivity index (χ1n) is 5.66. The molecule has 0 fully saturated rings. The Labute approximate surface area is 90.7 Å². The number of nitrogens with two attached hydrogens (primary N) is 1. The third-order valence-electron chi connectivity index (χ3n) is 2.78. The van der Waals surface area contributed by atoms with Gasteiger partial charge in [-0.05, 0) is 36.9 Å². The Morgan fingerprint density at radius 3 is 2.73 bits per heavy atom.